The van der Waals surface area contributed by atoms with Gasteiger partial charge in [-0.2, -0.15) is 52.7 Å². The van der Waals surface area contributed by atoms with Crippen molar-refractivity contribution in [3.05, 3.63) is 88.5 Å². The van der Waals surface area contributed by atoms with Crippen LogP contribution in [0.15, 0.2) is 65.7 Å². The highest BCUT2D eigenvalue weighted by Gasteiger charge is 2.38. The Labute approximate surface area is 225 Å². The molecule has 15 heteroatoms. The van der Waals surface area contributed by atoms with Crippen molar-refractivity contribution in [1.29, 1.82) is 0 Å². The summed E-state index contributed by atoms with van der Waals surface area (Å²) in [5.41, 5.74) is -7.65. The Morgan fingerprint density at radius 1 is 0.634 bits per heavy atom. The fourth-order valence-corrected chi connectivity index (χ4v) is 3.74. The highest BCUT2D eigenvalue weighted by molar-refractivity contribution is 5.99. The molecule has 0 spiro atoms. The third-order valence-electron chi connectivity index (χ3n) is 5.54. The van der Waals surface area contributed by atoms with Gasteiger partial charge in [0.05, 0.1) is 27.9 Å². The minimum absolute atomic E-state index is 0.133. The second kappa shape index (κ2) is 11.2. The first kappa shape index (κ1) is 31.6. The molecular weight excluding hydrogens is 582 g/mol. The number of nitrogens with zero attached hydrogens (tertiary/aromatic N) is 2. The highest BCUT2D eigenvalue weighted by atomic mass is 19.4. The summed E-state index contributed by atoms with van der Waals surface area (Å²) < 4.78 is 160. The second-order valence-corrected chi connectivity index (χ2v) is 8.94. The standard InChI is InChI=1S/C26H19F12N3/c1-41(2)21-6-4-3-5-14(21)7-22(39-19-10-15(23(27,28)29)8-16(11-19)24(30,31)32)40-20-12-17(25(33,34)35)9-18(13-20)26(36,37)38/h3-6,8-13H,7H2,1-2H3,(H,39,40). The number of hydrogen-bond donors (Lipinski definition) is 1. The Bertz CT molecular complexity index is 1350. The van der Waals surface area contributed by atoms with Crippen LogP contribution in [-0.2, 0) is 31.1 Å². The quantitative estimate of drug-likeness (QED) is 0.179. The molecule has 3 aromatic rings. The van der Waals surface area contributed by atoms with Gasteiger partial charge in [0.15, 0.2) is 0 Å². The molecule has 0 aliphatic carbocycles. The first-order chi connectivity index (χ1) is 18.6. The van der Waals surface area contributed by atoms with Crippen molar-refractivity contribution in [1.82, 2.24) is 0 Å². The summed E-state index contributed by atoms with van der Waals surface area (Å²) in [5, 5.41) is 2.25. The van der Waals surface area contributed by atoms with E-state index in [1.54, 1.807) is 31.1 Å². The van der Waals surface area contributed by atoms with Gasteiger partial charge in [-0.1, -0.05) is 18.2 Å². The van der Waals surface area contributed by atoms with Gasteiger partial charge in [-0.25, -0.2) is 4.99 Å². The van der Waals surface area contributed by atoms with Crippen LogP contribution >= 0.6 is 0 Å². The van der Waals surface area contributed by atoms with Crippen molar-refractivity contribution in [2.45, 2.75) is 31.1 Å². The summed E-state index contributed by atoms with van der Waals surface area (Å²) in [6.45, 7) is 0. The number of aliphatic imine (C=N–C) groups is 1. The Hall–Kier alpha value is -3.91. The molecule has 0 bridgehead atoms. The molecule has 0 unspecified atom stereocenters. The number of hydrogen-bond acceptors (Lipinski definition) is 2. The van der Waals surface area contributed by atoms with E-state index in [1.807, 2.05) is 0 Å². The number of anilines is 2. The molecule has 222 valence electrons. The van der Waals surface area contributed by atoms with Gasteiger partial charge in [0.25, 0.3) is 0 Å². The zero-order valence-corrected chi connectivity index (χ0v) is 20.9. The van der Waals surface area contributed by atoms with E-state index in [9.17, 15) is 52.7 Å². The maximum Gasteiger partial charge on any atom is 0.416 e. The number of benzene rings is 3. The van der Waals surface area contributed by atoms with Crippen LogP contribution in [-0.4, -0.2) is 19.9 Å². The van der Waals surface area contributed by atoms with E-state index in [1.165, 1.54) is 12.1 Å². The Kier molecular flexibility index (Phi) is 8.61. The van der Waals surface area contributed by atoms with E-state index in [0.29, 0.717) is 23.4 Å². The smallest absolute Gasteiger partial charge is 0.377 e. The van der Waals surface area contributed by atoms with Crippen molar-refractivity contribution in [3.8, 4) is 0 Å². The van der Waals surface area contributed by atoms with Crippen LogP contribution < -0.4 is 10.2 Å². The molecule has 0 amide bonds. The molecule has 0 aliphatic heterocycles. The van der Waals surface area contributed by atoms with Gasteiger partial charge < -0.3 is 10.2 Å². The van der Waals surface area contributed by atoms with Gasteiger partial charge in [0.2, 0.25) is 0 Å². The minimum Gasteiger partial charge on any atom is -0.377 e. The summed E-state index contributed by atoms with van der Waals surface area (Å²) in [5.74, 6) is -0.529. The van der Waals surface area contributed by atoms with E-state index in [4.69, 9.17) is 0 Å². The molecule has 1 N–H and O–H groups in total. The Morgan fingerprint density at radius 3 is 1.46 bits per heavy atom. The lowest BCUT2D eigenvalue weighted by Crippen LogP contribution is -2.19. The Balaban J connectivity index is 2.25. The summed E-state index contributed by atoms with van der Waals surface area (Å²) in [6.07, 6.45) is -21.3. The van der Waals surface area contributed by atoms with E-state index < -0.39 is 70.6 Å². The maximum atomic E-state index is 13.4. The van der Waals surface area contributed by atoms with Crippen molar-refractivity contribution < 1.29 is 52.7 Å². The van der Waals surface area contributed by atoms with Crippen LogP contribution in [0.4, 0.5) is 69.7 Å². The molecular formula is C26H19F12N3. The van der Waals surface area contributed by atoms with Crippen LogP contribution in [0.5, 0.6) is 0 Å². The predicted octanol–water partition coefficient (Wildman–Crippen LogP) is 9.21. The number of alkyl halides is 12. The molecule has 0 aromatic heterocycles. The molecule has 0 atom stereocenters. The van der Waals surface area contributed by atoms with E-state index in [2.05, 4.69) is 10.3 Å². The summed E-state index contributed by atoms with van der Waals surface area (Å²) in [4.78, 5) is 5.39. The summed E-state index contributed by atoms with van der Waals surface area (Å²) >= 11 is 0. The van der Waals surface area contributed by atoms with Gasteiger partial charge in [0.1, 0.15) is 5.84 Å². The largest absolute Gasteiger partial charge is 0.416 e. The average molecular weight is 601 g/mol. The molecule has 0 saturated heterocycles. The van der Waals surface area contributed by atoms with Gasteiger partial charge in [-0.3, -0.25) is 0 Å². The van der Waals surface area contributed by atoms with E-state index >= 15 is 0 Å². The third-order valence-corrected chi connectivity index (χ3v) is 5.54. The van der Waals surface area contributed by atoms with E-state index in [-0.39, 0.29) is 24.3 Å². The van der Waals surface area contributed by atoms with Crippen molar-refractivity contribution in [2.24, 2.45) is 4.99 Å². The SMILES string of the molecule is CN(C)c1ccccc1CC(=Nc1cc(C(F)(F)F)cc(C(F)(F)F)c1)Nc1cc(C(F)(F)F)cc(C(F)(F)F)c1. The lowest BCUT2D eigenvalue weighted by Gasteiger charge is -2.20. The highest BCUT2D eigenvalue weighted by Crippen LogP contribution is 2.40. The molecule has 0 heterocycles. The molecule has 3 nitrogen and oxygen atoms in total. The van der Waals surface area contributed by atoms with Crippen LogP contribution in [0.3, 0.4) is 0 Å². The number of para-hydroxylation sites is 1. The number of halogens is 12. The molecule has 0 radical (unpaired) electrons. The van der Waals surface area contributed by atoms with Crippen molar-refractivity contribution in [2.75, 3.05) is 24.3 Å². The number of amidine groups is 1. The second-order valence-electron chi connectivity index (χ2n) is 8.94. The fraction of sp³-hybridized carbons (Fsp3) is 0.269. The maximum absolute atomic E-state index is 13.4. The zero-order valence-electron chi connectivity index (χ0n) is 20.9. The fourth-order valence-electron chi connectivity index (χ4n) is 3.74. The predicted molar refractivity (Wildman–Crippen MR) is 128 cm³/mol. The summed E-state index contributed by atoms with van der Waals surface area (Å²) in [7, 11) is 3.21. The third kappa shape index (κ3) is 8.30. The van der Waals surface area contributed by atoms with Gasteiger partial charge in [-0.15, -0.1) is 0 Å². The Morgan fingerprint density at radius 2 is 1.05 bits per heavy atom. The summed E-state index contributed by atoms with van der Waals surface area (Å²) in [6, 6.07) is 7.13. The average Bonchev–Trinajstić information content (AvgIpc) is 2.81. The van der Waals surface area contributed by atoms with Crippen LogP contribution in [0, 0.1) is 0 Å². The normalized spacial score (nSPS) is 13.4. The number of rotatable bonds is 5. The first-order valence-corrected chi connectivity index (χ1v) is 11.3. The van der Waals surface area contributed by atoms with Gasteiger partial charge >= 0.3 is 24.7 Å². The molecule has 0 aliphatic rings. The molecule has 3 aromatic carbocycles. The molecule has 0 saturated carbocycles. The first-order valence-electron chi connectivity index (χ1n) is 11.3. The lowest BCUT2D eigenvalue weighted by atomic mass is 10.1. The van der Waals surface area contributed by atoms with Crippen molar-refractivity contribution >= 4 is 22.9 Å². The number of nitrogens with one attached hydrogen (secondary N) is 1. The topological polar surface area (TPSA) is 27.6 Å². The monoisotopic (exact) mass is 601 g/mol. The molecule has 0 fully saturated rings. The van der Waals surface area contributed by atoms with Gasteiger partial charge in [0, 0.05) is 31.9 Å². The van der Waals surface area contributed by atoms with E-state index in [0.717, 1.165) is 0 Å². The van der Waals surface area contributed by atoms with Gasteiger partial charge in [-0.05, 0) is 48.0 Å². The lowest BCUT2D eigenvalue weighted by molar-refractivity contribution is -0.144. The van der Waals surface area contributed by atoms with Crippen LogP contribution in [0.2, 0.25) is 0 Å². The van der Waals surface area contributed by atoms with Crippen molar-refractivity contribution in [3.63, 3.8) is 0 Å². The molecule has 3 rings (SSSR count). The van der Waals surface area contributed by atoms with Crippen LogP contribution in [0.25, 0.3) is 0 Å². The zero-order chi connectivity index (χ0) is 31.0. The minimum atomic E-state index is -5.22. The van der Waals surface area contributed by atoms with Crippen LogP contribution in [0.1, 0.15) is 27.8 Å². The molecule has 41 heavy (non-hydrogen) atoms.